The maximum Gasteiger partial charge on any atom is 0.315 e. The molecule has 3 N–H and O–H groups in total. The van der Waals surface area contributed by atoms with Crippen molar-refractivity contribution in [2.75, 3.05) is 11.9 Å². The van der Waals surface area contributed by atoms with Gasteiger partial charge < -0.3 is 20.5 Å². The monoisotopic (exact) mass is 348 g/mol. The van der Waals surface area contributed by atoms with Crippen LogP contribution in [0.3, 0.4) is 0 Å². The molecule has 0 bridgehead atoms. The number of hydrogen-bond acceptors (Lipinski definition) is 4. The molecule has 0 fully saturated rings. The summed E-state index contributed by atoms with van der Waals surface area (Å²) in [6.07, 6.45) is 0.580. The number of nitrogens with one attached hydrogen (secondary N) is 3. The van der Waals surface area contributed by atoms with Crippen LogP contribution < -0.4 is 16.0 Å². The highest BCUT2D eigenvalue weighted by atomic mass is 19.1. The average molecular weight is 348 g/mol. The first kappa shape index (κ1) is 18.4. The van der Waals surface area contributed by atoms with E-state index in [2.05, 4.69) is 21.1 Å². The molecule has 0 saturated carbocycles. The minimum atomic E-state index is -0.450. The summed E-state index contributed by atoms with van der Waals surface area (Å²) in [4.78, 5) is 23.6. The third-order valence-electron chi connectivity index (χ3n) is 3.61. The lowest BCUT2D eigenvalue weighted by molar-refractivity contribution is -0.115. The lowest BCUT2D eigenvalue weighted by Crippen LogP contribution is -2.44. The number of carbonyl (C=O) groups excluding carboxylic acids is 2. The fourth-order valence-corrected chi connectivity index (χ4v) is 2.32. The second-order valence-corrected chi connectivity index (χ2v) is 5.79. The van der Waals surface area contributed by atoms with Gasteiger partial charge in [-0.05, 0) is 51.5 Å². The Morgan fingerprint density at radius 1 is 1.24 bits per heavy atom. The summed E-state index contributed by atoms with van der Waals surface area (Å²) in [5, 5.41) is 11.7. The first-order valence-corrected chi connectivity index (χ1v) is 7.86. The predicted octanol–water partition coefficient (Wildman–Crippen LogP) is 2.30. The van der Waals surface area contributed by atoms with Crippen LogP contribution in [0.25, 0.3) is 0 Å². The van der Waals surface area contributed by atoms with Crippen molar-refractivity contribution < 1.29 is 18.5 Å². The number of amides is 3. The van der Waals surface area contributed by atoms with Gasteiger partial charge in [0.25, 0.3) is 0 Å². The average Bonchev–Trinajstić information content (AvgIpc) is 2.87. The summed E-state index contributed by atoms with van der Waals surface area (Å²) < 4.78 is 17.9. The Kier molecular flexibility index (Phi) is 6.10. The number of anilines is 1. The van der Waals surface area contributed by atoms with Crippen LogP contribution in [0, 0.1) is 19.7 Å². The summed E-state index contributed by atoms with van der Waals surface area (Å²) in [7, 11) is 0. The van der Waals surface area contributed by atoms with Gasteiger partial charge in [-0.15, -0.1) is 0 Å². The zero-order valence-electron chi connectivity index (χ0n) is 14.4. The molecule has 1 atom stereocenters. The van der Waals surface area contributed by atoms with E-state index in [1.807, 2.05) is 20.8 Å². The van der Waals surface area contributed by atoms with Crippen LogP contribution in [0.15, 0.2) is 28.8 Å². The Bertz CT molecular complexity index is 723. The van der Waals surface area contributed by atoms with Crippen molar-refractivity contribution in [3.05, 3.63) is 47.1 Å². The largest absolute Gasteiger partial charge is 0.361 e. The third kappa shape index (κ3) is 5.59. The van der Waals surface area contributed by atoms with E-state index in [9.17, 15) is 14.0 Å². The van der Waals surface area contributed by atoms with Crippen LogP contribution >= 0.6 is 0 Å². The Labute approximate surface area is 145 Å². The van der Waals surface area contributed by atoms with Crippen LogP contribution in [-0.4, -0.2) is 29.7 Å². The predicted molar refractivity (Wildman–Crippen MR) is 90.7 cm³/mol. The van der Waals surface area contributed by atoms with Crippen LogP contribution in [0.2, 0.25) is 0 Å². The molecule has 1 aromatic heterocycles. The highest BCUT2D eigenvalue weighted by Gasteiger charge is 2.15. The Hall–Kier alpha value is -2.90. The molecule has 0 spiro atoms. The van der Waals surface area contributed by atoms with Gasteiger partial charge in [0.1, 0.15) is 11.6 Å². The van der Waals surface area contributed by atoms with Crippen LogP contribution in [0.4, 0.5) is 14.9 Å². The molecule has 7 nitrogen and oxygen atoms in total. The summed E-state index contributed by atoms with van der Waals surface area (Å²) in [6, 6.07) is 4.77. The Morgan fingerprint density at radius 3 is 2.52 bits per heavy atom. The van der Waals surface area contributed by atoms with Gasteiger partial charge in [0, 0.05) is 17.3 Å². The fourth-order valence-electron chi connectivity index (χ4n) is 2.32. The van der Waals surface area contributed by atoms with E-state index in [0.717, 1.165) is 17.0 Å². The first-order chi connectivity index (χ1) is 11.8. The van der Waals surface area contributed by atoms with Gasteiger partial charge in [-0.2, -0.15) is 0 Å². The number of nitrogens with zero attached hydrogens (tertiary/aromatic N) is 1. The van der Waals surface area contributed by atoms with Gasteiger partial charge in [0.15, 0.2) is 0 Å². The number of aryl methyl sites for hydroxylation is 2. The second kappa shape index (κ2) is 8.27. The molecule has 8 heteroatoms. The second-order valence-electron chi connectivity index (χ2n) is 5.79. The number of halogens is 1. The molecule has 0 aliphatic rings. The number of carbonyl (C=O) groups is 2. The summed E-state index contributed by atoms with van der Waals surface area (Å²) in [6.45, 7) is 5.33. The number of aromatic nitrogens is 1. The molecule has 25 heavy (non-hydrogen) atoms. The molecular formula is C17H21FN4O3. The van der Waals surface area contributed by atoms with E-state index < -0.39 is 11.9 Å². The van der Waals surface area contributed by atoms with Crippen molar-refractivity contribution >= 4 is 17.6 Å². The highest BCUT2D eigenvalue weighted by Crippen LogP contribution is 2.14. The van der Waals surface area contributed by atoms with E-state index >= 15 is 0 Å². The van der Waals surface area contributed by atoms with Crippen LogP contribution in [0.5, 0.6) is 0 Å². The Morgan fingerprint density at radius 2 is 1.92 bits per heavy atom. The standard InChI is InChI=1S/C17H21FN4O3/c1-10(8-15-11(2)22-25-12(15)3)20-17(24)19-9-16(23)21-14-6-4-13(18)5-7-14/h4-7,10H,8-9H2,1-3H3,(H,21,23)(H2,19,20,24). The zero-order valence-corrected chi connectivity index (χ0v) is 14.4. The molecule has 1 heterocycles. The number of urea groups is 1. The number of rotatable bonds is 6. The summed E-state index contributed by atoms with van der Waals surface area (Å²) in [5.74, 6) is -0.0619. The highest BCUT2D eigenvalue weighted by molar-refractivity contribution is 5.94. The molecule has 0 radical (unpaired) electrons. The normalized spacial score (nSPS) is 11.7. The van der Waals surface area contributed by atoms with Gasteiger partial charge in [0.05, 0.1) is 12.2 Å². The van der Waals surface area contributed by atoms with E-state index in [-0.39, 0.29) is 18.4 Å². The molecule has 134 valence electrons. The van der Waals surface area contributed by atoms with Gasteiger partial charge in [0.2, 0.25) is 5.91 Å². The third-order valence-corrected chi connectivity index (χ3v) is 3.61. The lowest BCUT2D eigenvalue weighted by atomic mass is 10.1. The summed E-state index contributed by atoms with van der Waals surface area (Å²) >= 11 is 0. The molecule has 2 rings (SSSR count). The molecule has 1 unspecified atom stereocenters. The van der Waals surface area contributed by atoms with Gasteiger partial charge in [-0.1, -0.05) is 5.16 Å². The van der Waals surface area contributed by atoms with Gasteiger partial charge in [-0.25, -0.2) is 9.18 Å². The minimum Gasteiger partial charge on any atom is -0.361 e. The summed E-state index contributed by atoms with van der Waals surface area (Å²) in [5.41, 5.74) is 2.22. The van der Waals surface area contributed by atoms with Gasteiger partial charge in [-0.3, -0.25) is 4.79 Å². The molecule has 0 aliphatic heterocycles. The maximum absolute atomic E-state index is 12.8. The van der Waals surface area contributed by atoms with Crippen molar-refractivity contribution in [1.82, 2.24) is 15.8 Å². The van der Waals surface area contributed by atoms with Crippen molar-refractivity contribution in [3.8, 4) is 0 Å². The van der Waals surface area contributed by atoms with Crippen molar-refractivity contribution in [1.29, 1.82) is 0 Å². The van der Waals surface area contributed by atoms with Crippen LogP contribution in [0.1, 0.15) is 23.9 Å². The van der Waals surface area contributed by atoms with Gasteiger partial charge >= 0.3 is 6.03 Å². The smallest absolute Gasteiger partial charge is 0.315 e. The molecule has 2 aromatic rings. The maximum atomic E-state index is 12.8. The van der Waals surface area contributed by atoms with Crippen molar-refractivity contribution in [3.63, 3.8) is 0 Å². The molecule has 0 aliphatic carbocycles. The molecule has 1 aromatic carbocycles. The first-order valence-electron chi connectivity index (χ1n) is 7.86. The van der Waals surface area contributed by atoms with Crippen molar-refractivity contribution in [2.45, 2.75) is 33.2 Å². The molecule has 0 saturated heterocycles. The zero-order chi connectivity index (χ0) is 18.4. The van der Waals surface area contributed by atoms with E-state index in [4.69, 9.17) is 4.52 Å². The van der Waals surface area contributed by atoms with E-state index in [1.165, 1.54) is 24.3 Å². The molecular weight excluding hydrogens is 327 g/mol. The SMILES string of the molecule is Cc1noc(C)c1CC(C)NC(=O)NCC(=O)Nc1ccc(F)cc1. The topological polar surface area (TPSA) is 96.3 Å². The Balaban J connectivity index is 1.74. The number of hydrogen-bond donors (Lipinski definition) is 3. The lowest BCUT2D eigenvalue weighted by Gasteiger charge is -2.14. The molecule has 3 amide bonds. The van der Waals surface area contributed by atoms with Crippen molar-refractivity contribution in [2.24, 2.45) is 0 Å². The number of benzene rings is 1. The van der Waals surface area contributed by atoms with E-state index in [0.29, 0.717) is 12.1 Å². The minimum absolute atomic E-state index is 0.156. The van der Waals surface area contributed by atoms with E-state index in [1.54, 1.807) is 0 Å². The quantitative estimate of drug-likeness (QED) is 0.746. The van der Waals surface area contributed by atoms with Crippen LogP contribution in [-0.2, 0) is 11.2 Å². The fraction of sp³-hybridized carbons (Fsp3) is 0.353.